The zero-order valence-electron chi connectivity index (χ0n) is 16.1. The molecule has 1 amide bonds. The van der Waals surface area contributed by atoms with Gasteiger partial charge >= 0.3 is 0 Å². The number of para-hydroxylation sites is 1. The van der Waals surface area contributed by atoms with E-state index in [9.17, 15) is 9.90 Å². The van der Waals surface area contributed by atoms with Gasteiger partial charge in [0.15, 0.2) is 5.95 Å². The number of carbonyl (C=O) groups excluding carboxylic acids is 1. The van der Waals surface area contributed by atoms with Crippen LogP contribution >= 0.6 is 11.8 Å². The second-order valence-corrected chi connectivity index (χ2v) is 7.89. The van der Waals surface area contributed by atoms with Crippen LogP contribution in [0.15, 0.2) is 64.1 Å². The Morgan fingerprint density at radius 1 is 1.18 bits per heavy atom. The van der Waals surface area contributed by atoms with E-state index in [0.29, 0.717) is 18.0 Å². The Kier molecular flexibility index (Phi) is 6.36. The molecule has 1 heterocycles. The Hall–Kier alpha value is -2.80. The van der Waals surface area contributed by atoms with E-state index in [-0.39, 0.29) is 10.9 Å². The second-order valence-electron chi connectivity index (χ2n) is 6.69. The molecule has 0 saturated heterocycles. The van der Waals surface area contributed by atoms with Gasteiger partial charge in [0, 0.05) is 17.8 Å². The summed E-state index contributed by atoms with van der Waals surface area (Å²) in [6.45, 7) is 6.15. The van der Waals surface area contributed by atoms with Crippen LogP contribution in [0.2, 0.25) is 0 Å². The fraction of sp³-hybridized carbons (Fsp3) is 0.286. The lowest BCUT2D eigenvalue weighted by Gasteiger charge is -2.14. The molecule has 0 spiro atoms. The van der Waals surface area contributed by atoms with Crippen molar-refractivity contribution in [2.75, 3.05) is 5.32 Å². The topological polar surface area (TPSA) is 82.1 Å². The molecule has 1 N–H and O–H groups in total. The van der Waals surface area contributed by atoms with Crippen LogP contribution in [0.5, 0.6) is 5.95 Å². The highest BCUT2D eigenvalue weighted by Crippen LogP contribution is 2.30. The van der Waals surface area contributed by atoms with Crippen LogP contribution in [0.3, 0.4) is 0 Å². The van der Waals surface area contributed by atoms with E-state index in [4.69, 9.17) is 4.52 Å². The molecule has 28 heavy (non-hydrogen) atoms. The number of rotatable bonds is 7. The summed E-state index contributed by atoms with van der Waals surface area (Å²) in [6.07, 6.45) is 0.556. The first-order valence-electron chi connectivity index (χ1n) is 9.21. The van der Waals surface area contributed by atoms with Gasteiger partial charge < -0.3 is 14.9 Å². The summed E-state index contributed by atoms with van der Waals surface area (Å²) in [5.41, 5.74) is 2.65. The summed E-state index contributed by atoms with van der Waals surface area (Å²) in [5, 5.41) is 18.7. The average Bonchev–Trinajstić information content (AvgIpc) is 3.07. The fourth-order valence-electron chi connectivity index (χ4n) is 2.70. The van der Waals surface area contributed by atoms with Crippen molar-refractivity contribution in [1.29, 1.82) is 0 Å². The Labute approximate surface area is 168 Å². The van der Waals surface area contributed by atoms with Crippen LogP contribution in [0.25, 0.3) is 5.69 Å². The first-order valence-corrected chi connectivity index (χ1v) is 10.1. The molecule has 1 unspecified atom stereocenters. The smallest absolute Gasteiger partial charge is 0.298 e. The Morgan fingerprint density at radius 3 is 2.46 bits per heavy atom. The molecule has 0 bridgehead atoms. The number of anilines is 1. The number of nitrogens with one attached hydrogen (secondary N) is 1. The van der Waals surface area contributed by atoms with Gasteiger partial charge in [-0.05, 0) is 46.5 Å². The predicted molar refractivity (Wildman–Crippen MR) is 107 cm³/mol. The minimum Gasteiger partial charge on any atom is -0.538 e. The fourth-order valence-corrected chi connectivity index (χ4v) is 3.68. The zero-order valence-corrected chi connectivity index (χ0v) is 16.9. The largest absolute Gasteiger partial charge is 0.538 e. The number of benzene rings is 2. The molecule has 2 aromatic carbocycles. The molecule has 0 aliphatic heterocycles. The van der Waals surface area contributed by atoms with Gasteiger partial charge in [-0.25, -0.2) is 0 Å². The van der Waals surface area contributed by atoms with Crippen LogP contribution in [0, 0.1) is 0 Å². The number of nitrogens with zero attached hydrogens (tertiary/aromatic N) is 2. The maximum absolute atomic E-state index is 12.8. The maximum Gasteiger partial charge on any atom is 0.298 e. The highest BCUT2D eigenvalue weighted by Gasteiger charge is 2.28. The SMILES string of the molecule is CCC(Sc1c([O-])on[n+]1-c1ccccc1)C(=O)Nc1ccc(C(C)C)cc1. The molecule has 1 atom stereocenters. The molecule has 0 fully saturated rings. The zero-order chi connectivity index (χ0) is 20.1. The van der Waals surface area contributed by atoms with Crippen molar-refractivity contribution in [3.8, 4) is 11.6 Å². The summed E-state index contributed by atoms with van der Waals surface area (Å²) in [6, 6.07) is 17.0. The monoisotopic (exact) mass is 397 g/mol. The summed E-state index contributed by atoms with van der Waals surface area (Å²) in [4.78, 5) is 12.8. The lowest BCUT2D eigenvalue weighted by molar-refractivity contribution is -0.705. The second kappa shape index (κ2) is 8.93. The lowest BCUT2D eigenvalue weighted by atomic mass is 10.0. The normalized spacial score (nSPS) is 12.1. The van der Waals surface area contributed by atoms with Crippen LogP contribution in [0.4, 0.5) is 5.69 Å². The predicted octanol–water partition coefficient (Wildman–Crippen LogP) is 3.66. The highest BCUT2D eigenvalue weighted by molar-refractivity contribution is 8.00. The number of hydrogen-bond acceptors (Lipinski definition) is 5. The Bertz CT molecular complexity index is 924. The molecule has 0 radical (unpaired) electrons. The van der Waals surface area contributed by atoms with Crippen molar-refractivity contribution in [2.45, 2.75) is 43.4 Å². The molecule has 0 aliphatic rings. The van der Waals surface area contributed by atoms with Gasteiger partial charge in [-0.3, -0.25) is 4.79 Å². The van der Waals surface area contributed by atoms with Crippen LogP contribution < -0.4 is 15.1 Å². The van der Waals surface area contributed by atoms with Crippen LogP contribution in [0.1, 0.15) is 38.7 Å². The minimum atomic E-state index is -0.554. The first-order chi connectivity index (χ1) is 13.5. The van der Waals surface area contributed by atoms with Gasteiger partial charge in [0.25, 0.3) is 5.03 Å². The summed E-state index contributed by atoms with van der Waals surface area (Å²) in [5.74, 6) is -0.285. The molecule has 0 saturated carbocycles. The third kappa shape index (κ3) is 4.54. The van der Waals surface area contributed by atoms with E-state index < -0.39 is 11.2 Å². The number of aromatic nitrogens is 2. The quantitative estimate of drug-likeness (QED) is 0.486. The van der Waals surface area contributed by atoms with Gasteiger partial charge in [0.2, 0.25) is 11.6 Å². The van der Waals surface area contributed by atoms with Gasteiger partial charge in [-0.2, -0.15) is 0 Å². The van der Waals surface area contributed by atoms with E-state index in [1.165, 1.54) is 10.2 Å². The number of hydrogen-bond donors (Lipinski definition) is 1. The molecule has 7 heteroatoms. The molecule has 6 nitrogen and oxygen atoms in total. The van der Waals surface area contributed by atoms with E-state index >= 15 is 0 Å². The molecular weight excluding hydrogens is 374 g/mol. The van der Waals surface area contributed by atoms with Crippen molar-refractivity contribution in [3.05, 3.63) is 60.2 Å². The van der Waals surface area contributed by atoms with Crippen molar-refractivity contribution in [2.24, 2.45) is 0 Å². The number of carbonyl (C=O) groups is 1. The standard InChI is InChI=1S/C21H23N3O3S/c1-4-18(19(25)22-16-12-10-15(11-13-16)14(2)3)28-20-21(26)27-23-24(20)17-8-6-5-7-9-17/h5-14,18H,4H2,1-3H3,(H-,22,23,25,26). The number of amides is 1. The molecule has 0 aliphatic carbocycles. The Balaban J connectivity index is 1.76. The third-order valence-corrected chi connectivity index (χ3v) is 5.73. The van der Waals surface area contributed by atoms with E-state index in [2.05, 4.69) is 24.4 Å². The first kappa shape index (κ1) is 19.9. The number of thioether (sulfide) groups is 1. The van der Waals surface area contributed by atoms with Crippen LogP contribution in [-0.2, 0) is 4.79 Å². The molecule has 3 rings (SSSR count). The summed E-state index contributed by atoms with van der Waals surface area (Å²) < 4.78 is 6.26. The maximum atomic E-state index is 12.8. The molecule has 3 aromatic rings. The lowest BCUT2D eigenvalue weighted by Crippen LogP contribution is -2.36. The minimum absolute atomic E-state index is 0.162. The van der Waals surface area contributed by atoms with Crippen molar-refractivity contribution in [3.63, 3.8) is 0 Å². The highest BCUT2D eigenvalue weighted by atomic mass is 32.2. The van der Waals surface area contributed by atoms with Gasteiger partial charge in [0.1, 0.15) is 0 Å². The van der Waals surface area contributed by atoms with Gasteiger partial charge in [-0.15, -0.1) is 0 Å². The van der Waals surface area contributed by atoms with Gasteiger partial charge in [-0.1, -0.05) is 51.1 Å². The van der Waals surface area contributed by atoms with Gasteiger partial charge in [0.05, 0.1) is 10.5 Å². The summed E-state index contributed by atoms with van der Waals surface area (Å²) in [7, 11) is 0. The average molecular weight is 398 g/mol. The van der Waals surface area contributed by atoms with E-state index in [1.54, 1.807) is 0 Å². The van der Waals surface area contributed by atoms with E-state index in [1.807, 2.05) is 61.5 Å². The van der Waals surface area contributed by atoms with Crippen molar-refractivity contribution >= 4 is 23.4 Å². The molecule has 146 valence electrons. The molecule has 1 aromatic heterocycles. The summed E-state index contributed by atoms with van der Waals surface area (Å²) >= 11 is 1.16. The van der Waals surface area contributed by atoms with E-state index in [0.717, 1.165) is 17.4 Å². The van der Waals surface area contributed by atoms with Crippen molar-refractivity contribution < 1.29 is 19.1 Å². The molecular formula is C21H23N3O3S. The van der Waals surface area contributed by atoms with Crippen LogP contribution in [-0.4, -0.2) is 16.4 Å². The van der Waals surface area contributed by atoms with Crippen molar-refractivity contribution in [1.82, 2.24) is 5.27 Å². The third-order valence-electron chi connectivity index (χ3n) is 4.34. The Morgan fingerprint density at radius 2 is 1.86 bits per heavy atom.